The fraction of sp³-hybridized carbons (Fsp3) is 0.231. The third kappa shape index (κ3) is 5.37. The quantitative estimate of drug-likeness (QED) is 0.542. The number of carbonyl (C=O) groups is 1. The highest BCUT2D eigenvalue weighted by Crippen LogP contribution is 2.33. The molecule has 3 aromatic carbocycles. The van der Waals surface area contributed by atoms with Crippen LogP contribution in [0.15, 0.2) is 82.6 Å². The number of nitriles is 1. The second-order valence-corrected chi connectivity index (χ2v) is 8.84. The van der Waals surface area contributed by atoms with Crippen LogP contribution in [-0.4, -0.2) is 41.9 Å². The number of amides is 1. The summed E-state index contributed by atoms with van der Waals surface area (Å²) in [6.07, 6.45) is 0.888. The van der Waals surface area contributed by atoms with Gasteiger partial charge in [-0.3, -0.25) is 9.69 Å². The van der Waals surface area contributed by atoms with Crippen LogP contribution in [0.25, 0.3) is 0 Å². The number of benzene rings is 3. The Hall–Kier alpha value is -3.14. The highest BCUT2D eigenvalue weighted by atomic mass is 32.2. The third-order valence-electron chi connectivity index (χ3n) is 5.54. The lowest BCUT2D eigenvalue weighted by Crippen LogP contribution is -2.35. The molecule has 0 radical (unpaired) electrons. The number of halogens is 1. The maximum absolute atomic E-state index is 13.4. The zero-order valence-corrected chi connectivity index (χ0v) is 18.5. The number of nitrogens with zero attached hydrogens (tertiary/aromatic N) is 3. The zero-order valence-electron chi connectivity index (χ0n) is 17.7. The molecule has 1 aliphatic rings. The first-order valence-electron chi connectivity index (χ1n) is 10.7. The maximum Gasteiger partial charge on any atom is 0.255 e. The highest BCUT2D eigenvalue weighted by Gasteiger charge is 2.23. The van der Waals surface area contributed by atoms with Crippen molar-refractivity contribution in [1.29, 1.82) is 5.26 Å². The van der Waals surface area contributed by atoms with Crippen molar-refractivity contribution in [2.75, 3.05) is 26.2 Å². The molecule has 0 N–H and O–H groups in total. The normalized spacial score (nSPS) is 14.6. The topological polar surface area (TPSA) is 47.3 Å². The Balaban J connectivity index is 1.45. The summed E-state index contributed by atoms with van der Waals surface area (Å²) < 4.78 is 13.2. The van der Waals surface area contributed by atoms with E-state index in [-0.39, 0.29) is 11.7 Å². The fourth-order valence-corrected chi connectivity index (χ4v) is 4.87. The first kappa shape index (κ1) is 22.1. The van der Waals surface area contributed by atoms with Crippen molar-refractivity contribution in [2.45, 2.75) is 22.8 Å². The van der Waals surface area contributed by atoms with Gasteiger partial charge in [0.25, 0.3) is 5.91 Å². The van der Waals surface area contributed by atoms with Crippen LogP contribution in [0.5, 0.6) is 0 Å². The van der Waals surface area contributed by atoms with Crippen LogP contribution in [-0.2, 0) is 6.54 Å². The van der Waals surface area contributed by atoms with E-state index in [9.17, 15) is 14.4 Å². The number of hydrogen-bond donors (Lipinski definition) is 0. The van der Waals surface area contributed by atoms with Crippen LogP contribution < -0.4 is 0 Å². The van der Waals surface area contributed by atoms with E-state index in [1.165, 1.54) is 23.9 Å². The van der Waals surface area contributed by atoms with Gasteiger partial charge < -0.3 is 4.90 Å². The van der Waals surface area contributed by atoms with Crippen molar-refractivity contribution in [2.24, 2.45) is 0 Å². The molecule has 1 aliphatic heterocycles. The SMILES string of the molecule is N#Cc1ccccc1Sc1ccccc1C(=O)N1CCCN(Cc2ccc(F)cc2)CC1. The molecule has 0 spiro atoms. The summed E-state index contributed by atoms with van der Waals surface area (Å²) >= 11 is 1.46. The minimum atomic E-state index is -0.227. The van der Waals surface area contributed by atoms with Crippen molar-refractivity contribution in [1.82, 2.24) is 9.80 Å². The molecule has 0 unspecified atom stereocenters. The Morgan fingerprint density at radius 3 is 2.41 bits per heavy atom. The van der Waals surface area contributed by atoms with Crippen LogP contribution in [0, 0.1) is 17.1 Å². The van der Waals surface area contributed by atoms with Gasteiger partial charge in [0.2, 0.25) is 0 Å². The van der Waals surface area contributed by atoms with Gasteiger partial charge in [0, 0.05) is 42.5 Å². The molecular weight excluding hydrogens is 421 g/mol. The van der Waals surface area contributed by atoms with Crippen LogP contribution >= 0.6 is 11.8 Å². The average Bonchev–Trinajstić information content (AvgIpc) is 3.06. The Morgan fingerprint density at radius 1 is 0.906 bits per heavy atom. The summed E-state index contributed by atoms with van der Waals surface area (Å²) in [6, 6.07) is 23.9. The maximum atomic E-state index is 13.4. The summed E-state index contributed by atoms with van der Waals surface area (Å²) in [5, 5.41) is 9.39. The van der Waals surface area contributed by atoms with Gasteiger partial charge in [-0.15, -0.1) is 0 Å². The number of hydrogen-bond acceptors (Lipinski definition) is 4. The van der Waals surface area contributed by atoms with Crippen molar-refractivity contribution < 1.29 is 9.18 Å². The molecule has 0 atom stereocenters. The van der Waals surface area contributed by atoms with Gasteiger partial charge in [-0.1, -0.05) is 48.2 Å². The van der Waals surface area contributed by atoms with Crippen molar-refractivity contribution in [3.63, 3.8) is 0 Å². The summed E-state index contributed by atoms with van der Waals surface area (Å²) in [5.74, 6) is -0.207. The Labute approximate surface area is 192 Å². The zero-order chi connectivity index (χ0) is 22.3. The van der Waals surface area contributed by atoms with Crippen LogP contribution in [0.2, 0.25) is 0 Å². The molecule has 4 rings (SSSR count). The molecule has 1 heterocycles. The van der Waals surface area contributed by atoms with Gasteiger partial charge >= 0.3 is 0 Å². The molecule has 3 aromatic rings. The second kappa shape index (κ2) is 10.4. The van der Waals surface area contributed by atoms with Crippen LogP contribution in [0.4, 0.5) is 4.39 Å². The van der Waals surface area contributed by atoms with Crippen molar-refractivity contribution in [3.8, 4) is 6.07 Å². The first-order valence-corrected chi connectivity index (χ1v) is 11.5. The molecule has 0 aliphatic carbocycles. The monoisotopic (exact) mass is 445 g/mol. The molecule has 0 aromatic heterocycles. The lowest BCUT2D eigenvalue weighted by atomic mass is 10.2. The lowest BCUT2D eigenvalue weighted by molar-refractivity contribution is 0.0757. The molecule has 0 bridgehead atoms. The molecule has 32 heavy (non-hydrogen) atoms. The van der Waals surface area contributed by atoms with Gasteiger partial charge in [0.05, 0.1) is 11.1 Å². The number of carbonyl (C=O) groups excluding carboxylic acids is 1. The van der Waals surface area contributed by atoms with Gasteiger partial charge in [-0.05, 0) is 48.4 Å². The Morgan fingerprint density at radius 2 is 1.62 bits per heavy atom. The van der Waals surface area contributed by atoms with E-state index in [1.54, 1.807) is 6.07 Å². The predicted octanol–water partition coefficient (Wildman–Crippen LogP) is 5.20. The van der Waals surface area contributed by atoms with Crippen molar-refractivity contribution >= 4 is 17.7 Å². The van der Waals surface area contributed by atoms with Crippen molar-refractivity contribution in [3.05, 3.63) is 95.3 Å². The van der Waals surface area contributed by atoms with Gasteiger partial charge in [0.15, 0.2) is 0 Å². The van der Waals surface area contributed by atoms with Gasteiger partial charge in [-0.2, -0.15) is 5.26 Å². The first-order chi connectivity index (χ1) is 15.6. The van der Waals surface area contributed by atoms with E-state index < -0.39 is 0 Å². The van der Waals surface area contributed by atoms with Gasteiger partial charge in [0.1, 0.15) is 11.9 Å². The van der Waals surface area contributed by atoms with E-state index in [1.807, 2.05) is 59.5 Å². The van der Waals surface area contributed by atoms with E-state index in [0.29, 0.717) is 24.2 Å². The van der Waals surface area contributed by atoms with Crippen LogP contribution in [0.1, 0.15) is 27.9 Å². The molecule has 162 valence electrons. The predicted molar refractivity (Wildman–Crippen MR) is 124 cm³/mol. The average molecular weight is 446 g/mol. The van der Waals surface area contributed by atoms with E-state index in [2.05, 4.69) is 11.0 Å². The van der Waals surface area contributed by atoms with E-state index in [4.69, 9.17) is 0 Å². The minimum absolute atomic E-state index is 0.0196. The summed E-state index contributed by atoms with van der Waals surface area (Å²) in [5.41, 5.74) is 2.34. The van der Waals surface area contributed by atoms with Crippen LogP contribution in [0.3, 0.4) is 0 Å². The smallest absolute Gasteiger partial charge is 0.255 e. The molecule has 1 fully saturated rings. The molecule has 1 amide bonds. The standard InChI is InChI=1S/C26H24FN3OS/c27-22-12-10-20(11-13-22)19-29-14-5-15-30(17-16-29)26(31)23-7-2-4-9-25(23)32-24-8-3-1-6-21(24)18-28/h1-4,6-13H,5,14-17,19H2. The fourth-order valence-electron chi connectivity index (χ4n) is 3.85. The molecule has 0 saturated carbocycles. The highest BCUT2D eigenvalue weighted by molar-refractivity contribution is 7.99. The molecule has 4 nitrogen and oxygen atoms in total. The summed E-state index contributed by atoms with van der Waals surface area (Å²) in [6.45, 7) is 3.77. The molecule has 1 saturated heterocycles. The number of rotatable bonds is 5. The van der Waals surface area contributed by atoms with E-state index in [0.717, 1.165) is 41.4 Å². The molecular formula is C26H24FN3OS. The third-order valence-corrected chi connectivity index (χ3v) is 6.69. The largest absolute Gasteiger partial charge is 0.337 e. The van der Waals surface area contributed by atoms with Gasteiger partial charge in [-0.25, -0.2) is 4.39 Å². The second-order valence-electron chi connectivity index (χ2n) is 7.75. The summed E-state index contributed by atoms with van der Waals surface area (Å²) in [4.78, 5) is 19.3. The van der Waals surface area contributed by atoms with E-state index >= 15 is 0 Å². The summed E-state index contributed by atoms with van der Waals surface area (Å²) in [7, 11) is 0. The Kier molecular flexibility index (Phi) is 7.21. The lowest BCUT2D eigenvalue weighted by Gasteiger charge is -2.23. The minimum Gasteiger partial charge on any atom is -0.337 e. The Bertz CT molecular complexity index is 1130. The molecule has 6 heteroatoms.